The van der Waals surface area contributed by atoms with Crippen molar-refractivity contribution in [3.8, 4) is 11.5 Å². The van der Waals surface area contributed by atoms with Gasteiger partial charge in [0, 0.05) is 6.07 Å². The van der Waals surface area contributed by atoms with Gasteiger partial charge in [-0.25, -0.2) is 4.79 Å². The number of aromatic hydroxyl groups is 1. The molecule has 22 heavy (non-hydrogen) atoms. The molecule has 0 aromatic heterocycles. The summed E-state index contributed by atoms with van der Waals surface area (Å²) in [6, 6.07) is 2.90. The van der Waals surface area contributed by atoms with E-state index in [-0.39, 0.29) is 23.2 Å². The number of benzene rings is 1. The topological polar surface area (TPSA) is 65.0 Å². The fourth-order valence-electron chi connectivity index (χ4n) is 2.43. The molecule has 0 radical (unpaired) electrons. The van der Waals surface area contributed by atoms with Crippen LogP contribution in [0.1, 0.15) is 54.9 Å². The van der Waals surface area contributed by atoms with Crippen LogP contribution in [-0.4, -0.2) is 24.3 Å². The lowest BCUT2D eigenvalue weighted by molar-refractivity contribution is -0.271. The highest BCUT2D eigenvalue weighted by atomic mass is 17.2. The molecule has 0 amide bonds. The Bertz CT molecular complexity index is 550. The van der Waals surface area contributed by atoms with Crippen molar-refractivity contribution < 1.29 is 24.4 Å². The number of rotatable bonds is 1. The number of carbonyl (C=O) groups excluding carboxylic acids is 1. The fraction of sp³-hybridized carbons (Fsp3) is 0.471. The summed E-state index contributed by atoms with van der Waals surface area (Å²) in [5.74, 6) is -0.329. The summed E-state index contributed by atoms with van der Waals surface area (Å²) in [5, 5.41) is 9.76. The molecule has 1 aliphatic heterocycles. The van der Waals surface area contributed by atoms with Crippen LogP contribution in [0.4, 0.5) is 0 Å². The van der Waals surface area contributed by atoms with E-state index >= 15 is 0 Å². The zero-order chi connectivity index (χ0) is 15.9. The normalized spacial score (nSPS) is 21.5. The first kappa shape index (κ1) is 16.4. The van der Waals surface area contributed by atoms with Crippen molar-refractivity contribution in [1.29, 1.82) is 0 Å². The van der Waals surface area contributed by atoms with E-state index in [1.165, 1.54) is 19.2 Å². The molecule has 0 unspecified atom stereocenters. The van der Waals surface area contributed by atoms with E-state index < -0.39 is 5.97 Å². The molecular formula is C17H22O5. The number of ether oxygens (including phenoxy) is 1. The van der Waals surface area contributed by atoms with E-state index in [2.05, 4.69) is 0 Å². The van der Waals surface area contributed by atoms with Gasteiger partial charge >= 0.3 is 5.97 Å². The number of hydrogen-bond acceptors (Lipinski definition) is 5. The zero-order valence-corrected chi connectivity index (χ0v) is 13.0. The van der Waals surface area contributed by atoms with Crippen molar-refractivity contribution in [3.63, 3.8) is 0 Å². The molecule has 0 spiro atoms. The molecule has 1 atom stereocenters. The molecule has 1 N–H and O–H groups in total. The van der Waals surface area contributed by atoms with Gasteiger partial charge in [0.25, 0.3) is 0 Å². The second kappa shape index (κ2) is 7.84. The average Bonchev–Trinajstić information content (AvgIpc) is 2.51. The van der Waals surface area contributed by atoms with Gasteiger partial charge in [-0.1, -0.05) is 25.0 Å². The molecule has 0 aliphatic carbocycles. The van der Waals surface area contributed by atoms with Crippen LogP contribution in [0.25, 0.3) is 6.08 Å². The van der Waals surface area contributed by atoms with Gasteiger partial charge in [-0.05, 0) is 37.8 Å². The van der Waals surface area contributed by atoms with E-state index in [9.17, 15) is 9.90 Å². The van der Waals surface area contributed by atoms with Crippen LogP contribution in [-0.2, 0) is 9.78 Å². The molecule has 0 fully saturated rings. The number of phenols is 1. The third kappa shape index (κ3) is 4.24. The quantitative estimate of drug-likeness (QED) is 0.798. The Balaban J connectivity index is 2.37. The second-order valence-electron chi connectivity index (χ2n) is 5.43. The van der Waals surface area contributed by atoms with E-state index in [1.807, 2.05) is 13.0 Å². The van der Waals surface area contributed by atoms with Crippen molar-refractivity contribution in [2.45, 2.75) is 45.1 Å². The lowest BCUT2D eigenvalue weighted by Crippen LogP contribution is -2.15. The molecule has 120 valence electrons. The third-order valence-electron chi connectivity index (χ3n) is 3.61. The third-order valence-corrected chi connectivity index (χ3v) is 3.61. The Kier molecular flexibility index (Phi) is 5.83. The van der Waals surface area contributed by atoms with Gasteiger partial charge in [-0.3, -0.25) is 4.89 Å². The lowest BCUT2D eigenvalue weighted by Gasteiger charge is -2.14. The highest BCUT2D eigenvalue weighted by molar-refractivity contribution is 5.96. The van der Waals surface area contributed by atoms with Crippen molar-refractivity contribution >= 4 is 12.0 Å². The maximum absolute atomic E-state index is 12.3. The van der Waals surface area contributed by atoms with Gasteiger partial charge in [0.2, 0.25) is 0 Å². The number of phenolic OH excluding ortho intramolecular Hbond substituents is 1. The Morgan fingerprint density at radius 3 is 2.86 bits per heavy atom. The maximum atomic E-state index is 12.3. The number of methoxy groups -OCH3 is 1. The maximum Gasteiger partial charge on any atom is 0.377 e. The van der Waals surface area contributed by atoms with Crippen LogP contribution in [0.2, 0.25) is 0 Å². The Labute approximate surface area is 130 Å². The van der Waals surface area contributed by atoms with Gasteiger partial charge in [-0.15, -0.1) is 0 Å². The second-order valence-corrected chi connectivity index (χ2v) is 5.43. The predicted molar refractivity (Wildman–Crippen MR) is 82.7 cm³/mol. The summed E-state index contributed by atoms with van der Waals surface area (Å²) in [4.78, 5) is 22.4. The average molecular weight is 306 g/mol. The fourth-order valence-corrected chi connectivity index (χ4v) is 2.43. The van der Waals surface area contributed by atoms with Crippen LogP contribution >= 0.6 is 0 Å². The number of allylic oxidation sites excluding steroid dienone is 1. The largest absolute Gasteiger partial charge is 0.508 e. The molecule has 0 saturated carbocycles. The minimum Gasteiger partial charge on any atom is -0.508 e. The summed E-state index contributed by atoms with van der Waals surface area (Å²) < 4.78 is 5.19. The first-order valence-corrected chi connectivity index (χ1v) is 7.57. The van der Waals surface area contributed by atoms with Crippen LogP contribution in [0.15, 0.2) is 18.2 Å². The molecule has 2 rings (SSSR count). The van der Waals surface area contributed by atoms with E-state index in [0.29, 0.717) is 5.56 Å². The van der Waals surface area contributed by atoms with Crippen molar-refractivity contribution in [1.82, 2.24) is 0 Å². The molecular weight excluding hydrogens is 284 g/mol. The number of fused-ring (bicyclic) bond motifs is 1. The van der Waals surface area contributed by atoms with Crippen LogP contribution in [0.3, 0.4) is 0 Å². The highest BCUT2D eigenvalue weighted by Gasteiger charge is 2.21. The Morgan fingerprint density at radius 2 is 2.09 bits per heavy atom. The van der Waals surface area contributed by atoms with Crippen molar-refractivity contribution in [3.05, 3.63) is 29.3 Å². The molecule has 5 nitrogen and oxygen atoms in total. The smallest absolute Gasteiger partial charge is 0.377 e. The van der Waals surface area contributed by atoms with Crippen molar-refractivity contribution in [2.75, 3.05) is 7.11 Å². The minimum absolute atomic E-state index is 0.0339. The summed E-state index contributed by atoms with van der Waals surface area (Å²) in [6.45, 7) is 1.88. The van der Waals surface area contributed by atoms with E-state index in [4.69, 9.17) is 14.5 Å². The van der Waals surface area contributed by atoms with Crippen LogP contribution in [0.5, 0.6) is 11.5 Å². The molecule has 1 aromatic rings. The monoisotopic (exact) mass is 306 g/mol. The highest BCUT2D eigenvalue weighted by Crippen LogP contribution is 2.30. The molecule has 1 heterocycles. The number of carbonyl (C=O) groups is 1. The summed E-state index contributed by atoms with van der Waals surface area (Å²) in [7, 11) is 1.44. The van der Waals surface area contributed by atoms with Gasteiger partial charge < -0.3 is 9.84 Å². The van der Waals surface area contributed by atoms with Gasteiger partial charge in [0.1, 0.15) is 23.2 Å². The first-order valence-electron chi connectivity index (χ1n) is 7.57. The summed E-state index contributed by atoms with van der Waals surface area (Å²) in [6.07, 6.45) is 8.62. The molecule has 1 aromatic carbocycles. The predicted octanol–water partition coefficient (Wildman–Crippen LogP) is 3.86. The molecule has 5 heteroatoms. The number of hydrogen-bond donors (Lipinski definition) is 1. The van der Waals surface area contributed by atoms with Gasteiger partial charge in [0.15, 0.2) is 0 Å². The lowest BCUT2D eigenvalue weighted by atomic mass is 10.0. The Morgan fingerprint density at radius 1 is 1.27 bits per heavy atom. The SMILES string of the molecule is COc1cc(O)cc2c1C(=O)OO[C@H](C)CCCCC/C=C/2. The summed E-state index contributed by atoms with van der Waals surface area (Å²) in [5.41, 5.74) is 0.806. The van der Waals surface area contributed by atoms with E-state index in [1.54, 1.807) is 6.08 Å². The van der Waals surface area contributed by atoms with E-state index in [0.717, 1.165) is 32.1 Å². The van der Waals surface area contributed by atoms with Crippen molar-refractivity contribution in [2.24, 2.45) is 0 Å². The van der Waals surface area contributed by atoms with Crippen LogP contribution in [0, 0.1) is 0 Å². The zero-order valence-electron chi connectivity index (χ0n) is 13.0. The summed E-state index contributed by atoms with van der Waals surface area (Å²) >= 11 is 0. The minimum atomic E-state index is -0.623. The van der Waals surface area contributed by atoms with Crippen LogP contribution < -0.4 is 4.74 Å². The van der Waals surface area contributed by atoms with Gasteiger partial charge in [0.05, 0.1) is 7.11 Å². The molecule has 0 saturated heterocycles. The Hall–Kier alpha value is -2.01. The van der Waals surface area contributed by atoms with Gasteiger partial charge in [-0.2, -0.15) is 4.89 Å². The molecule has 0 bridgehead atoms. The molecule has 1 aliphatic rings. The standard InChI is InChI=1S/C17H22O5/c1-12-8-6-4-3-5-7-9-13-10-14(18)11-15(20-2)16(13)17(19)22-21-12/h7,9-12,18H,3-6,8H2,1-2H3/b9-7+/t12-/m1/s1. The first-order chi connectivity index (χ1) is 10.6.